The highest BCUT2D eigenvalue weighted by atomic mass is 32.2. The van der Waals surface area contributed by atoms with E-state index in [-0.39, 0.29) is 12.3 Å². The molecule has 0 fully saturated rings. The molecule has 0 saturated carbocycles. The average molecular weight is 291 g/mol. The fourth-order valence-corrected chi connectivity index (χ4v) is 2.16. The van der Waals surface area contributed by atoms with Crippen molar-refractivity contribution in [1.29, 1.82) is 0 Å². The molecule has 0 spiro atoms. The van der Waals surface area contributed by atoms with Crippen LogP contribution in [-0.4, -0.2) is 40.8 Å². The molecule has 0 aliphatic heterocycles. The summed E-state index contributed by atoms with van der Waals surface area (Å²) in [4.78, 5) is 10.6. The van der Waals surface area contributed by atoms with E-state index in [2.05, 4.69) is 5.32 Å². The molecule has 1 aromatic rings. The van der Waals surface area contributed by atoms with Gasteiger partial charge >= 0.3 is 5.97 Å². The largest absolute Gasteiger partial charge is 0.478 e. The summed E-state index contributed by atoms with van der Waals surface area (Å²) in [5.41, 5.74) is -0.731. The molecule has 3 N–H and O–H groups in total. The van der Waals surface area contributed by atoms with Crippen LogP contribution < -0.4 is 5.32 Å². The number of anilines is 1. The number of aromatic carboxylic acids is 1. The van der Waals surface area contributed by atoms with Gasteiger partial charge < -0.3 is 15.5 Å². The van der Waals surface area contributed by atoms with Crippen molar-refractivity contribution in [2.24, 2.45) is 0 Å². The van der Waals surface area contributed by atoms with Crippen molar-refractivity contribution in [3.63, 3.8) is 0 Å². The lowest BCUT2D eigenvalue weighted by atomic mass is 10.2. The highest BCUT2D eigenvalue weighted by molar-refractivity contribution is 7.99. The molecule has 0 aliphatic carbocycles. The van der Waals surface area contributed by atoms with Crippen LogP contribution in [0.4, 0.5) is 14.5 Å². The van der Waals surface area contributed by atoms with E-state index in [9.17, 15) is 13.6 Å². The first-order valence-corrected chi connectivity index (χ1v) is 6.87. The molecule has 0 saturated heterocycles. The van der Waals surface area contributed by atoms with Gasteiger partial charge in [-0.05, 0) is 24.3 Å². The first-order valence-electron chi connectivity index (χ1n) is 5.71. The van der Waals surface area contributed by atoms with E-state index >= 15 is 0 Å². The Kier molecular flexibility index (Phi) is 6.58. The van der Waals surface area contributed by atoms with Crippen LogP contribution in [0.3, 0.4) is 0 Å². The average Bonchev–Trinajstić information content (AvgIpc) is 2.38. The molecule has 0 atom stereocenters. The number of aliphatic hydroxyl groups is 1. The molecule has 0 aromatic heterocycles. The minimum atomic E-state index is -1.50. The predicted octanol–water partition coefficient (Wildman–Crippen LogP) is 2.19. The van der Waals surface area contributed by atoms with Gasteiger partial charge in [0.15, 0.2) is 11.6 Å². The van der Waals surface area contributed by atoms with Gasteiger partial charge in [-0.2, -0.15) is 11.8 Å². The highest BCUT2D eigenvalue weighted by Gasteiger charge is 2.17. The first-order chi connectivity index (χ1) is 9.07. The third-order valence-corrected chi connectivity index (χ3v) is 3.39. The number of halogens is 2. The maximum absolute atomic E-state index is 13.5. The zero-order chi connectivity index (χ0) is 14.3. The Labute approximate surface area is 113 Å². The molecule has 7 heteroatoms. The number of benzene rings is 1. The second-order valence-electron chi connectivity index (χ2n) is 3.71. The van der Waals surface area contributed by atoms with Crippen LogP contribution in [0.25, 0.3) is 0 Å². The number of nitrogens with one attached hydrogen (secondary N) is 1. The van der Waals surface area contributed by atoms with Crippen molar-refractivity contribution in [2.75, 3.05) is 30.0 Å². The lowest BCUT2D eigenvalue weighted by Crippen LogP contribution is -2.10. The van der Waals surface area contributed by atoms with Gasteiger partial charge in [0.25, 0.3) is 0 Å². The summed E-state index contributed by atoms with van der Waals surface area (Å²) in [5.74, 6) is -2.55. The van der Waals surface area contributed by atoms with Crippen molar-refractivity contribution in [3.05, 3.63) is 29.3 Å². The number of aliphatic hydroxyl groups excluding tert-OH is 1. The summed E-state index contributed by atoms with van der Waals surface area (Å²) >= 11 is 1.58. The Morgan fingerprint density at radius 2 is 2.00 bits per heavy atom. The summed E-state index contributed by atoms with van der Waals surface area (Å²) in [6.07, 6.45) is 0.695. The summed E-state index contributed by atoms with van der Waals surface area (Å²) in [6.45, 7) is 0.565. The van der Waals surface area contributed by atoms with E-state index in [1.807, 2.05) is 0 Å². The number of hydrogen-bond donors (Lipinski definition) is 3. The SMILES string of the molecule is O=C(O)c1ccc(NCCSCCCO)c(F)c1F. The van der Waals surface area contributed by atoms with Gasteiger partial charge in [0.2, 0.25) is 0 Å². The van der Waals surface area contributed by atoms with Gasteiger partial charge in [0.05, 0.1) is 11.3 Å². The van der Waals surface area contributed by atoms with Crippen LogP contribution in [0.15, 0.2) is 12.1 Å². The number of hydrogen-bond acceptors (Lipinski definition) is 4. The van der Waals surface area contributed by atoms with E-state index < -0.39 is 23.2 Å². The lowest BCUT2D eigenvalue weighted by Gasteiger charge is -2.09. The molecule has 0 bridgehead atoms. The summed E-state index contributed by atoms with van der Waals surface area (Å²) in [7, 11) is 0. The van der Waals surface area contributed by atoms with Crippen LogP contribution >= 0.6 is 11.8 Å². The molecule has 106 valence electrons. The van der Waals surface area contributed by atoms with Gasteiger partial charge in [-0.1, -0.05) is 0 Å². The van der Waals surface area contributed by atoms with Gasteiger partial charge in [-0.25, -0.2) is 13.6 Å². The molecule has 0 aliphatic rings. The quantitative estimate of drug-likeness (QED) is 0.641. The van der Waals surface area contributed by atoms with Gasteiger partial charge in [-0.15, -0.1) is 0 Å². The molecular weight excluding hydrogens is 276 g/mol. The van der Waals surface area contributed by atoms with Crippen LogP contribution in [0.5, 0.6) is 0 Å². The van der Waals surface area contributed by atoms with E-state index in [1.165, 1.54) is 6.07 Å². The second-order valence-corrected chi connectivity index (χ2v) is 4.93. The van der Waals surface area contributed by atoms with Crippen molar-refractivity contribution < 1.29 is 23.8 Å². The van der Waals surface area contributed by atoms with Crippen molar-refractivity contribution in [1.82, 2.24) is 0 Å². The summed E-state index contributed by atoms with van der Waals surface area (Å²) < 4.78 is 26.9. The molecule has 0 radical (unpaired) electrons. The van der Waals surface area contributed by atoms with Crippen LogP contribution in [-0.2, 0) is 0 Å². The second kappa shape index (κ2) is 7.96. The zero-order valence-corrected chi connectivity index (χ0v) is 11.0. The molecular formula is C12H15F2NO3S. The molecule has 0 unspecified atom stereocenters. The number of carboxylic acid groups (broad SMARTS) is 1. The minimum absolute atomic E-state index is 0.0507. The minimum Gasteiger partial charge on any atom is -0.478 e. The third kappa shape index (κ3) is 4.68. The Morgan fingerprint density at radius 1 is 1.26 bits per heavy atom. The van der Waals surface area contributed by atoms with Crippen LogP contribution in [0.1, 0.15) is 16.8 Å². The molecule has 1 rings (SSSR count). The highest BCUT2D eigenvalue weighted by Crippen LogP contribution is 2.20. The number of carbonyl (C=O) groups is 1. The first kappa shape index (κ1) is 15.7. The predicted molar refractivity (Wildman–Crippen MR) is 70.8 cm³/mol. The monoisotopic (exact) mass is 291 g/mol. The van der Waals surface area contributed by atoms with Gasteiger partial charge in [0.1, 0.15) is 0 Å². The van der Waals surface area contributed by atoms with E-state index in [4.69, 9.17) is 10.2 Å². The Hall–Kier alpha value is -1.34. The third-order valence-electron chi connectivity index (χ3n) is 2.32. The van der Waals surface area contributed by atoms with Gasteiger partial charge in [0, 0.05) is 18.9 Å². The summed E-state index contributed by atoms with van der Waals surface area (Å²) in [5, 5.41) is 19.9. The zero-order valence-electron chi connectivity index (χ0n) is 10.2. The number of thioether (sulfide) groups is 1. The topological polar surface area (TPSA) is 69.6 Å². The van der Waals surface area contributed by atoms with Gasteiger partial charge in [-0.3, -0.25) is 0 Å². The normalized spacial score (nSPS) is 10.5. The van der Waals surface area contributed by atoms with Crippen molar-refractivity contribution in [3.8, 4) is 0 Å². The lowest BCUT2D eigenvalue weighted by molar-refractivity contribution is 0.0690. The van der Waals surface area contributed by atoms with E-state index in [0.717, 1.165) is 11.8 Å². The fraction of sp³-hybridized carbons (Fsp3) is 0.417. The molecule has 0 amide bonds. The Balaban J connectivity index is 2.51. The van der Waals surface area contributed by atoms with Crippen molar-refractivity contribution in [2.45, 2.75) is 6.42 Å². The smallest absolute Gasteiger partial charge is 0.338 e. The Bertz CT molecular complexity index is 443. The van der Waals surface area contributed by atoms with Crippen LogP contribution in [0.2, 0.25) is 0 Å². The number of carboxylic acids is 1. The standard InChI is InChI=1S/C12H15F2NO3S/c13-10-8(12(17)18)2-3-9(11(10)14)15-4-7-19-6-1-5-16/h2-3,15-16H,1,4-7H2,(H,17,18). The fourth-order valence-electron chi connectivity index (χ4n) is 1.38. The van der Waals surface area contributed by atoms with E-state index in [0.29, 0.717) is 18.7 Å². The maximum atomic E-state index is 13.5. The Morgan fingerprint density at radius 3 is 2.63 bits per heavy atom. The molecule has 1 aromatic carbocycles. The van der Waals surface area contributed by atoms with Crippen LogP contribution in [0, 0.1) is 11.6 Å². The summed E-state index contributed by atoms with van der Waals surface area (Å²) in [6, 6.07) is 2.24. The molecule has 0 heterocycles. The van der Waals surface area contributed by atoms with Crippen molar-refractivity contribution >= 4 is 23.4 Å². The maximum Gasteiger partial charge on any atom is 0.338 e. The van der Waals surface area contributed by atoms with E-state index in [1.54, 1.807) is 11.8 Å². The number of rotatable bonds is 8. The molecule has 19 heavy (non-hydrogen) atoms. The molecule has 4 nitrogen and oxygen atoms in total.